The smallest absolute Gasteiger partial charge is 0.416 e. The van der Waals surface area contributed by atoms with Gasteiger partial charge in [0.05, 0.1) is 29.5 Å². The van der Waals surface area contributed by atoms with Crippen molar-refractivity contribution in [1.29, 1.82) is 0 Å². The van der Waals surface area contributed by atoms with Crippen molar-refractivity contribution in [2.24, 2.45) is 0 Å². The van der Waals surface area contributed by atoms with Crippen LogP contribution in [0.2, 0.25) is 0 Å². The van der Waals surface area contributed by atoms with E-state index in [0.717, 1.165) is 34.8 Å². The number of halogens is 3. The molecule has 0 bridgehead atoms. The summed E-state index contributed by atoms with van der Waals surface area (Å²) in [5.74, 6) is 1.61. The van der Waals surface area contributed by atoms with Gasteiger partial charge in [-0.15, -0.1) is 0 Å². The van der Waals surface area contributed by atoms with E-state index in [0.29, 0.717) is 61.1 Å². The molecule has 0 unspecified atom stereocenters. The number of benzene rings is 1. The van der Waals surface area contributed by atoms with Crippen LogP contribution in [0.5, 0.6) is 5.88 Å². The van der Waals surface area contributed by atoms with Crippen LogP contribution in [0.3, 0.4) is 0 Å². The molecular formula is C25H21F3N6O. The van der Waals surface area contributed by atoms with Crippen molar-refractivity contribution in [3.8, 4) is 5.88 Å². The van der Waals surface area contributed by atoms with Crippen molar-refractivity contribution >= 4 is 28.1 Å². The summed E-state index contributed by atoms with van der Waals surface area (Å²) in [5, 5.41) is 0.395. The summed E-state index contributed by atoms with van der Waals surface area (Å²) in [5.41, 5.74) is 3.59. The molecule has 6 rings (SSSR count). The predicted molar refractivity (Wildman–Crippen MR) is 125 cm³/mol. The minimum absolute atomic E-state index is 0.395. The summed E-state index contributed by atoms with van der Waals surface area (Å²) in [6, 6.07) is 9.54. The summed E-state index contributed by atoms with van der Waals surface area (Å²) in [4.78, 5) is 22.1. The number of hydrogen-bond acceptors (Lipinski definition) is 7. The van der Waals surface area contributed by atoms with Gasteiger partial charge in [-0.2, -0.15) is 13.2 Å². The normalized spacial score (nSPS) is 15.5. The predicted octanol–water partition coefficient (Wildman–Crippen LogP) is 4.84. The molecule has 4 aromatic rings. The fourth-order valence-electron chi connectivity index (χ4n) is 4.71. The monoisotopic (exact) mass is 478 g/mol. The minimum atomic E-state index is -4.44. The van der Waals surface area contributed by atoms with Crippen LogP contribution < -0.4 is 14.5 Å². The largest absolute Gasteiger partial charge is 0.474 e. The maximum absolute atomic E-state index is 13.4. The molecule has 1 aromatic carbocycles. The first-order valence-corrected chi connectivity index (χ1v) is 11.3. The first-order chi connectivity index (χ1) is 16.9. The third kappa shape index (κ3) is 3.88. The van der Waals surface area contributed by atoms with Gasteiger partial charge in [-0.1, -0.05) is 0 Å². The fraction of sp³-hybridized carbons (Fsp3) is 0.280. The average Bonchev–Trinajstić information content (AvgIpc) is 2.86. The molecule has 7 nitrogen and oxygen atoms in total. The Morgan fingerprint density at radius 3 is 2.77 bits per heavy atom. The Morgan fingerprint density at radius 2 is 1.91 bits per heavy atom. The first kappa shape index (κ1) is 21.6. The lowest BCUT2D eigenvalue weighted by Crippen LogP contribution is -2.33. The van der Waals surface area contributed by atoms with Gasteiger partial charge < -0.3 is 14.5 Å². The number of alkyl halides is 3. The zero-order valence-electron chi connectivity index (χ0n) is 18.9. The lowest BCUT2D eigenvalue weighted by atomic mass is 10.0. The number of fused-ring (bicyclic) bond motifs is 3. The number of nitrogens with zero attached hydrogens (tertiary/aromatic N) is 6. The van der Waals surface area contributed by atoms with E-state index in [4.69, 9.17) is 9.72 Å². The quantitative estimate of drug-likeness (QED) is 0.408. The number of pyridine rings is 2. The molecule has 0 radical (unpaired) electrons. The van der Waals surface area contributed by atoms with Gasteiger partial charge in [0, 0.05) is 36.8 Å². The second kappa shape index (κ2) is 8.07. The Kier molecular flexibility index (Phi) is 4.98. The zero-order valence-corrected chi connectivity index (χ0v) is 18.9. The molecule has 0 saturated carbocycles. The van der Waals surface area contributed by atoms with Gasteiger partial charge in [0.15, 0.2) is 0 Å². The molecule has 2 aliphatic rings. The van der Waals surface area contributed by atoms with Crippen molar-refractivity contribution in [3.05, 3.63) is 71.4 Å². The lowest BCUT2D eigenvalue weighted by Gasteiger charge is -2.33. The number of hydrogen-bond donors (Lipinski definition) is 0. The van der Waals surface area contributed by atoms with Crippen LogP contribution >= 0.6 is 0 Å². The van der Waals surface area contributed by atoms with E-state index in [-0.39, 0.29) is 0 Å². The van der Waals surface area contributed by atoms with E-state index in [1.54, 1.807) is 13.1 Å². The molecule has 0 N–H and O–H groups in total. The van der Waals surface area contributed by atoms with Gasteiger partial charge in [-0.05, 0) is 48.9 Å². The number of ether oxygens (including phenoxy) is 1. The van der Waals surface area contributed by atoms with E-state index in [2.05, 4.69) is 25.9 Å². The van der Waals surface area contributed by atoms with Gasteiger partial charge in [0.2, 0.25) is 5.88 Å². The van der Waals surface area contributed by atoms with Crippen LogP contribution in [0.25, 0.3) is 10.9 Å². The van der Waals surface area contributed by atoms with Crippen LogP contribution in [-0.4, -0.2) is 39.6 Å². The fourth-order valence-corrected chi connectivity index (χ4v) is 4.71. The molecule has 10 heteroatoms. The number of aryl methyl sites for hydroxylation is 1. The highest BCUT2D eigenvalue weighted by molar-refractivity contribution is 5.90. The SMILES string of the molecule is Cc1nc(N2CCc3ncc(N4CCOc5ncccc54)cc3C2)c2cc(C(F)(F)F)ccc2n1. The van der Waals surface area contributed by atoms with Crippen molar-refractivity contribution < 1.29 is 17.9 Å². The summed E-state index contributed by atoms with van der Waals surface area (Å²) in [6.45, 7) is 4.02. The van der Waals surface area contributed by atoms with Gasteiger partial charge in [-0.25, -0.2) is 15.0 Å². The molecule has 5 heterocycles. The van der Waals surface area contributed by atoms with Crippen molar-refractivity contribution in [2.75, 3.05) is 29.5 Å². The molecular weight excluding hydrogens is 457 g/mol. The molecule has 3 aromatic heterocycles. The maximum atomic E-state index is 13.4. The molecule has 35 heavy (non-hydrogen) atoms. The van der Waals surface area contributed by atoms with Gasteiger partial charge in [0.25, 0.3) is 0 Å². The van der Waals surface area contributed by atoms with Crippen molar-refractivity contribution in [1.82, 2.24) is 19.9 Å². The topological polar surface area (TPSA) is 67.3 Å². The van der Waals surface area contributed by atoms with Gasteiger partial charge in [0.1, 0.15) is 23.9 Å². The summed E-state index contributed by atoms with van der Waals surface area (Å²) in [7, 11) is 0. The average molecular weight is 478 g/mol. The Morgan fingerprint density at radius 1 is 1.03 bits per heavy atom. The van der Waals surface area contributed by atoms with Gasteiger partial charge in [-0.3, -0.25) is 4.98 Å². The van der Waals surface area contributed by atoms with Crippen LogP contribution in [0.1, 0.15) is 22.6 Å². The van der Waals surface area contributed by atoms with E-state index >= 15 is 0 Å². The zero-order chi connectivity index (χ0) is 24.2. The van der Waals surface area contributed by atoms with Crippen molar-refractivity contribution in [2.45, 2.75) is 26.1 Å². The third-order valence-electron chi connectivity index (χ3n) is 6.35. The highest BCUT2D eigenvalue weighted by atomic mass is 19.4. The molecule has 0 aliphatic carbocycles. The minimum Gasteiger partial charge on any atom is -0.474 e. The number of aromatic nitrogens is 4. The van der Waals surface area contributed by atoms with Crippen molar-refractivity contribution in [3.63, 3.8) is 0 Å². The molecule has 2 aliphatic heterocycles. The van der Waals surface area contributed by atoms with Gasteiger partial charge >= 0.3 is 6.18 Å². The second-order valence-electron chi connectivity index (χ2n) is 8.62. The summed E-state index contributed by atoms with van der Waals surface area (Å²) >= 11 is 0. The second-order valence-corrected chi connectivity index (χ2v) is 8.62. The van der Waals surface area contributed by atoms with E-state index in [1.165, 1.54) is 6.07 Å². The van der Waals surface area contributed by atoms with Crippen LogP contribution in [0, 0.1) is 6.92 Å². The molecule has 0 fully saturated rings. The summed E-state index contributed by atoms with van der Waals surface area (Å²) in [6.07, 6.45) is -0.215. The molecule has 0 atom stereocenters. The molecule has 0 saturated heterocycles. The first-order valence-electron chi connectivity index (χ1n) is 11.3. The van der Waals surface area contributed by atoms with E-state index in [1.807, 2.05) is 23.2 Å². The van der Waals surface area contributed by atoms with Crippen LogP contribution in [-0.2, 0) is 19.1 Å². The Bertz CT molecular complexity index is 1440. The standard InChI is InChI=1S/C25H21F3N6O/c1-15-31-21-5-4-17(25(26,27)28)12-19(21)23(32-15)33-8-6-20-16(14-33)11-18(13-30-20)34-9-10-35-24-22(34)3-2-7-29-24/h2-5,7,11-13H,6,8-10,14H2,1H3. The highest BCUT2D eigenvalue weighted by Crippen LogP contribution is 2.37. The van der Waals surface area contributed by atoms with Crippen LogP contribution in [0.15, 0.2) is 48.8 Å². The third-order valence-corrected chi connectivity index (χ3v) is 6.35. The molecule has 0 spiro atoms. The Balaban J connectivity index is 1.38. The Hall–Kier alpha value is -3.95. The lowest BCUT2D eigenvalue weighted by molar-refractivity contribution is -0.137. The number of rotatable bonds is 2. The Labute approximate surface area is 199 Å². The maximum Gasteiger partial charge on any atom is 0.416 e. The summed E-state index contributed by atoms with van der Waals surface area (Å²) < 4.78 is 45.9. The molecule has 178 valence electrons. The number of anilines is 3. The van der Waals surface area contributed by atoms with E-state index < -0.39 is 11.7 Å². The molecule has 0 amide bonds. The van der Waals surface area contributed by atoms with Crippen LogP contribution in [0.4, 0.5) is 30.4 Å². The van der Waals surface area contributed by atoms with E-state index in [9.17, 15) is 13.2 Å². The highest BCUT2D eigenvalue weighted by Gasteiger charge is 2.32.